The third-order valence-electron chi connectivity index (χ3n) is 2.12. The summed E-state index contributed by atoms with van der Waals surface area (Å²) in [7, 11) is 1.44. The summed E-state index contributed by atoms with van der Waals surface area (Å²) >= 11 is 0. The summed E-state index contributed by atoms with van der Waals surface area (Å²) in [6.45, 7) is 5.32. The van der Waals surface area contributed by atoms with Crippen LogP contribution in [-0.4, -0.2) is 18.7 Å². The van der Waals surface area contributed by atoms with E-state index in [9.17, 15) is 9.18 Å². The maximum absolute atomic E-state index is 13.5. The molecule has 0 bridgehead atoms. The summed E-state index contributed by atoms with van der Waals surface area (Å²) in [6, 6.07) is 4.44. The summed E-state index contributed by atoms with van der Waals surface area (Å²) in [4.78, 5) is 11.4. The summed E-state index contributed by atoms with van der Waals surface area (Å²) in [5.41, 5.74) is -0.166. The number of amides is 1. The van der Waals surface area contributed by atoms with E-state index in [1.54, 1.807) is 6.07 Å². The number of hydrogen-bond donors (Lipinski definition) is 1. The molecule has 5 heteroatoms. The van der Waals surface area contributed by atoms with E-state index in [0.29, 0.717) is 5.75 Å². The fourth-order valence-electron chi connectivity index (χ4n) is 1.35. The molecule has 0 aliphatic rings. The highest BCUT2D eigenvalue weighted by Gasteiger charge is 2.16. The van der Waals surface area contributed by atoms with Crippen molar-refractivity contribution in [3.8, 4) is 5.75 Å². The van der Waals surface area contributed by atoms with Gasteiger partial charge in [-0.2, -0.15) is 0 Å². The molecule has 100 valence electrons. The molecule has 0 fully saturated rings. The standard InChI is InChI=1S/C13H18FNO3/c1-13(2,3)15-12(16)18-8-9-10(14)6-5-7-11(9)17-4/h5-7H,8H2,1-4H3,(H,15,16). The summed E-state index contributed by atoms with van der Waals surface area (Å²) in [6.07, 6.45) is -0.590. The maximum atomic E-state index is 13.5. The van der Waals surface area contributed by atoms with E-state index in [4.69, 9.17) is 9.47 Å². The van der Waals surface area contributed by atoms with E-state index in [1.807, 2.05) is 20.8 Å². The summed E-state index contributed by atoms with van der Waals surface area (Å²) in [5.74, 6) is -0.100. The van der Waals surface area contributed by atoms with Gasteiger partial charge in [0, 0.05) is 5.54 Å². The maximum Gasteiger partial charge on any atom is 0.407 e. The largest absolute Gasteiger partial charge is 0.496 e. The molecule has 18 heavy (non-hydrogen) atoms. The Morgan fingerprint density at radius 2 is 2.06 bits per heavy atom. The van der Waals surface area contributed by atoms with E-state index in [1.165, 1.54) is 19.2 Å². The van der Waals surface area contributed by atoms with Gasteiger partial charge in [0.15, 0.2) is 0 Å². The molecule has 0 spiro atoms. The van der Waals surface area contributed by atoms with Crippen LogP contribution in [0.4, 0.5) is 9.18 Å². The smallest absolute Gasteiger partial charge is 0.407 e. The predicted octanol–water partition coefficient (Wildman–Crippen LogP) is 2.86. The van der Waals surface area contributed by atoms with Crippen LogP contribution in [0.5, 0.6) is 5.75 Å². The van der Waals surface area contributed by atoms with Gasteiger partial charge < -0.3 is 14.8 Å². The zero-order valence-corrected chi connectivity index (χ0v) is 11.0. The molecule has 0 saturated heterocycles. The van der Waals surface area contributed by atoms with Gasteiger partial charge >= 0.3 is 6.09 Å². The van der Waals surface area contributed by atoms with Gasteiger partial charge in [-0.05, 0) is 32.9 Å². The number of ether oxygens (including phenoxy) is 2. The van der Waals surface area contributed by atoms with E-state index < -0.39 is 17.4 Å². The van der Waals surface area contributed by atoms with Crippen LogP contribution in [0.1, 0.15) is 26.3 Å². The van der Waals surface area contributed by atoms with Gasteiger partial charge in [0.1, 0.15) is 18.2 Å². The van der Waals surface area contributed by atoms with Gasteiger partial charge in [0.2, 0.25) is 0 Å². The molecule has 0 heterocycles. The second kappa shape index (κ2) is 5.71. The monoisotopic (exact) mass is 255 g/mol. The van der Waals surface area contributed by atoms with Crippen molar-refractivity contribution in [3.63, 3.8) is 0 Å². The van der Waals surface area contributed by atoms with Crippen molar-refractivity contribution in [2.75, 3.05) is 7.11 Å². The van der Waals surface area contributed by atoms with Crippen LogP contribution >= 0.6 is 0 Å². The van der Waals surface area contributed by atoms with Crippen molar-refractivity contribution >= 4 is 6.09 Å². The average molecular weight is 255 g/mol. The van der Waals surface area contributed by atoms with Gasteiger partial charge in [0.25, 0.3) is 0 Å². The van der Waals surface area contributed by atoms with Gasteiger partial charge in [-0.15, -0.1) is 0 Å². The highest BCUT2D eigenvalue weighted by molar-refractivity contribution is 5.68. The molecule has 1 aromatic rings. The Labute approximate surface area is 106 Å². The molecule has 0 aliphatic heterocycles. The van der Waals surface area contributed by atoms with E-state index in [0.717, 1.165) is 0 Å². The molecule has 0 aromatic heterocycles. The van der Waals surface area contributed by atoms with Gasteiger partial charge in [0.05, 0.1) is 12.7 Å². The Kier molecular flexibility index (Phi) is 4.53. The molecule has 1 amide bonds. The van der Waals surface area contributed by atoms with Crippen LogP contribution in [-0.2, 0) is 11.3 Å². The van der Waals surface area contributed by atoms with Crippen molar-refractivity contribution in [2.45, 2.75) is 32.9 Å². The zero-order valence-electron chi connectivity index (χ0n) is 11.0. The van der Waals surface area contributed by atoms with Crippen molar-refractivity contribution in [2.24, 2.45) is 0 Å². The number of carbonyl (C=O) groups is 1. The number of carbonyl (C=O) groups excluding carboxylic acids is 1. The van der Waals surface area contributed by atoms with Crippen LogP contribution in [0.3, 0.4) is 0 Å². The SMILES string of the molecule is COc1cccc(F)c1COC(=O)NC(C)(C)C. The topological polar surface area (TPSA) is 47.6 Å². The van der Waals surface area contributed by atoms with Crippen molar-refractivity contribution in [1.82, 2.24) is 5.32 Å². The van der Waals surface area contributed by atoms with Crippen LogP contribution in [0.15, 0.2) is 18.2 Å². The quantitative estimate of drug-likeness (QED) is 0.903. The highest BCUT2D eigenvalue weighted by atomic mass is 19.1. The Bertz CT molecular complexity index is 427. The minimum Gasteiger partial charge on any atom is -0.496 e. The van der Waals surface area contributed by atoms with Crippen molar-refractivity contribution in [1.29, 1.82) is 0 Å². The van der Waals surface area contributed by atoms with Crippen molar-refractivity contribution in [3.05, 3.63) is 29.6 Å². The second-order valence-electron chi connectivity index (χ2n) is 4.87. The lowest BCUT2D eigenvalue weighted by Gasteiger charge is -2.20. The minimum absolute atomic E-state index is 0.169. The first-order valence-electron chi connectivity index (χ1n) is 5.60. The van der Waals surface area contributed by atoms with Crippen molar-refractivity contribution < 1.29 is 18.7 Å². The molecule has 0 atom stereocenters. The number of alkyl carbamates (subject to hydrolysis) is 1. The third kappa shape index (κ3) is 4.24. The number of halogens is 1. The Morgan fingerprint density at radius 1 is 1.39 bits per heavy atom. The van der Waals surface area contributed by atoms with Crippen LogP contribution < -0.4 is 10.1 Å². The van der Waals surface area contributed by atoms with Gasteiger partial charge in [-0.1, -0.05) is 6.07 Å². The molecule has 0 unspecified atom stereocenters. The fraction of sp³-hybridized carbons (Fsp3) is 0.462. The number of rotatable bonds is 3. The predicted molar refractivity (Wildman–Crippen MR) is 66.0 cm³/mol. The Hall–Kier alpha value is -1.78. The first-order valence-corrected chi connectivity index (χ1v) is 5.60. The molecule has 1 aromatic carbocycles. The lowest BCUT2D eigenvalue weighted by atomic mass is 10.1. The molecule has 0 saturated carbocycles. The number of methoxy groups -OCH3 is 1. The second-order valence-corrected chi connectivity index (χ2v) is 4.87. The molecule has 4 nitrogen and oxygen atoms in total. The van der Waals surface area contributed by atoms with Crippen LogP contribution in [0.2, 0.25) is 0 Å². The first-order chi connectivity index (χ1) is 8.33. The Balaban J connectivity index is 2.66. The fourth-order valence-corrected chi connectivity index (χ4v) is 1.35. The van der Waals surface area contributed by atoms with Gasteiger partial charge in [-0.3, -0.25) is 0 Å². The summed E-state index contributed by atoms with van der Waals surface area (Å²) < 4.78 is 23.5. The molecular weight excluding hydrogens is 237 g/mol. The van der Waals surface area contributed by atoms with Gasteiger partial charge in [-0.25, -0.2) is 9.18 Å². The number of benzene rings is 1. The molecule has 1 N–H and O–H groups in total. The first kappa shape index (κ1) is 14.3. The number of nitrogens with one attached hydrogen (secondary N) is 1. The molecule has 0 radical (unpaired) electrons. The molecule has 1 rings (SSSR count). The molecular formula is C13H18FNO3. The highest BCUT2D eigenvalue weighted by Crippen LogP contribution is 2.21. The van der Waals surface area contributed by atoms with E-state index in [2.05, 4.69) is 5.32 Å². The Morgan fingerprint density at radius 3 is 2.61 bits per heavy atom. The average Bonchev–Trinajstić information content (AvgIpc) is 2.24. The third-order valence-corrected chi connectivity index (χ3v) is 2.12. The normalized spacial score (nSPS) is 10.9. The lowest BCUT2D eigenvalue weighted by molar-refractivity contribution is 0.129. The van der Waals surface area contributed by atoms with Crippen LogP contribution in [0.25, 0.3) is 0 Å². The van der Waals surface area contributed by atoms with Crippen LogP contribution in [0, 0.1) is 5.82 Å². The minimum atomic E-state index is -0.590. The summed E-state index contributed by atoms with van der Waals surface area (Å²) in [5, 5.41) is 2.62. The zero-order chi connectivity index (χ0) is 13.8. The van der Waals surface area contributed by atoms with E-state index >= 15 is 0 Å². The van der Waals surface area contributed by atoms with E-state index in [-0.39, 0.29) is 12.2 Å². The molecule has 0 aliphatic carbocycles. The lowest BCUT2D eigenvalue weighted by Crippen LogP contribution is -2.40. The number of hydrogen-bond acceptors (Lipinski definition) is 3.